The van der Waals surface area contributed by atoms with Crippen LogP contribution in [0.2, 0.25) is 0 Å². The zero-order valence-corrected chi connectivity index (χ0v) is 12.8. The molecule has 1 atom stereocenters. The maximum Gasteiger partial charge on any atom is 0.320 e. The molecule has 0 saturated heterocycles. The van der Waals surface area contributed by atoms with Crippen LogP contribution in [0, 0.1) is 13.8 Å². The molecule has 0 aliphatic heterocycles. The Balaban J connectivity index is 2.58. The lowest BCUT2D eigenvalue weighted by Crippen LogP contribution is -2.32. The van der Waals surface area contributed by atoms with Crippen LogP contribution in [-0.2, 0) is 9.53 Å². The summed E-state index contributed by atoms with van der Waals surface area (Å²) >= 11 is 0. The van der Waals surface area contributed by atoms with Gasteiger partial charge in [-0.25, -0.2) is 0 Å². The molecule has 0 saturated carbocycles. The van der Waals surface area contributed by atoms with E-state index in [2.05, 4.69) is 44.3 Å². The fourth-order valence-electron chi connectivity index (χ4n) is 1.95. The Morgan fingerprint density at radius 3 is 2.53 bits per heavy atom. The zero-order valence-electron chi connectivity index (χ0n) is 12.8. The van der Waals surface area contributed by atoms with E-state index in [9.17, 15) is 4.79 Å². The van der Waals surface area contributed by atoms with Crippen LogP contribution in [0.3, 0.4) is 0 Å². The molecular weight excluding hydrogens is 238 g/mol. The minimum absolute atomic E-state index is 0.132. The van der Waals surface area contributed by atoms with Crippen molar-refractivity contribution in [3.63, 3.8) is 0 Å². The van der Waals surface area contributed by atoms with Crippen molar-refractivity contribution >= 4 is 5.97 Å². The van der Waals surface area contributed by atoms with E-state index in [-0.39, 0.29) is 18.6 Å². The van der Waals surface area contributed by atoms with Gasteiger partial charge < -0.3 is 10.1 Å². The largest absolute Gasteiger partial charge is 0.459 e. The van der Waals surface area contributed by atoms with Crippen molar-refractivity contribution < 1.29 is 9.53 Å². The van der Waals surface area contributed by atoms with Crippen LogP contribution in [0.15, 0.2) is 18.2 Å². The van der Waals surface area contributed by atoms with Crippen LogP contribution in [0.1, 0.15) is 50.4 Å². The van der Waals surface area contributed by atoms with E-state index in [4.69, 9.17) is 4.74 Å². The van der Waals surface area contributed by atoms with Crippen molar-refractivity contribution in [1.82, 2.24) is 5.32 Å². The molecule has 106 valence electrons. The number of ether oxygens (including phenoxy) is 1. The smallest absolute Gasteiger partial charge is 0.320 e. The monoisotopic (exact) mass is 263 g/mol. The van der Waals surface area contributed by atoms with Gasteiger partial charge in [-0.15, -0.1) is 0 Å². The minimum Gasteiger partial charge on any atom is -0.459 e. The number of benzene rings is 1. The van der Waals surface area contributed by atoms with E-state index in [1.807, 2.05) is 20.8 Å². The second kappa shape index (κ2) is 6.20. The molecule has 1 aromatic carbocycles. The number of carbonyl (C=O) groups excluding carboxylic acids is 1. The molecule has 1 N–H and O–H groups in total. The average Bonchev–Trinajstić information content (AvgIpc) is 2.27. The van der Waals surface area contributed by atoms with Crippen molar-refractivity contribution in [2.24, 2.45) is 0 Å². The number of aryl methyl sites for hydroxylation is 2. The van der Waals surface area contributed by atoms with Crippen molar-refractivity contribution in [3.05, 3.63) is 34.9 Å². The Labute approximate surface area is 116 Å². The molecular formula is C16H25NO2. The fraction of sp³-hybridized carbons (Fsp3) is 0.562. The van der Waals surface area contributed by atoms with Crippen molar-refractivity contribution in [3.8, 4) is 0 Å². The molecule has 0 aromatic heterocycles. The van der Waals surface area contributed by atoms with Gasteiger partial charge in [0.2, 0.25) is 0 Å². The topological polar surface area (TPSA) is 38.3 Å². The predicted molar refractivity (Wildman–Crippen MR) is 78.2 cm³/mol. The summed E-state index contributed by atoms with van der Waals surface area (Å²) in [5.41, 5.74) is 3.26. The van der Waals surface area contributed by atoms with Crippen LogP contribution >= 0.6 is 0 Å². The molecule has 3 nitrogen and oxygen atoms in total. The summed E-state index contributed by atoms with van der Waals surface area (Å²) in [6, 6.07) is 6.49. The van der Waals surface area contributed by atoms with Crippen LogP contribution < -0.4 is 5.32 Å². The highest BCUT2D eigenvalue weighted by molar-refractivity contribution is 5.72. The third kappa shape index (κ3) is 5.43. The van der Waals surface area contributed by atoms with Crippen LogP contribution in [0.5, 0.6) is 0 Å². The Kier molecular flexibility index (Phi) is 5.12. The number of rotatable bonds is 4. The van der Waals surface area contributed by atoms with Gasteiger partial charge in [-0.3, -0.25) is 4.79 Å². The van der Waals surface area contributed by atoms with Crippen molar-refractivity contribution in [1.29, 1.82) is 0 Å². The number of carbonyl (C=O) groups is 1. The molecule has 0 aliphatic carbocycles. The van der Waals surface area contributed by atoms with Crippen LogP contribution in [-0.4, -0.2) is 18.1 Å². The van der Waals surface area contributed by atoms with Crippen molar-refractivity contribution in [2.45, 2.75) is 53.2 Å². The first kappa shape index (κ1) is 15.7. The number of esters is 1. The maximum absolute atomic E-state index is 11.7. The zero-order chi connectivity index (χ0) is 14.6. The Morgan fingerprint density at radius 2 is 1.95 bits per heavy atom. The van der Waals surface area contributed by atoms with Gasteiger partial charge in [-0.05, 0) is 52.7 Å². The number of hydrogen-bond acceptors (Lipinski definition) is 3. The molecule has 0 bridgehead atoms. The van der Waals surface area contributed by atoms with Gasteiger partial charge in [-0.1, -0.05) is 23.8 Å². The molecule has 1 rings (SSSR count). The summed E-state index contributed by atoms with van der Waals surface area (Å²) in [6.07, 6.45) is 0. The van der Waals surface area contributed by atoms with Gasteiger partial charge in [0.15, 0.2) is 0 Å². The first-order valence-corrected chi connectivity index (χ1v) is 6.71. The molecule has 1 unspecified atom stereocenters. The molecule has 0 amide bonds. The van der Waals surface area contributed by atoms with E-state index >= 15 is 0 Å². The van der Waals surface area contributed by atoms with E-state index in [1.165, 1.54) is 16.7 Å². The Bertz CT molecular complexity index is 447. The first-order chi connectivity index (χ1) is 8.69. The lowest BCUT2D eigenvalue weighted by molar-refractivity contribution is -0.153. The van der Waals surface area contributed by atoms with E-state index in [0.29, 0.717) is 0 Å². The third-order valence-corrected chi connectivity index (χ3v) is 2.87. The summed E-state index contributed by atoms with van der Waals surface area (Å²) < 4.78 is 5.28. The van der Waals surface area contributed by atoms with Gasteiger partial charge in [0.05, 0.1) is 6.54 Å². The molecule has 3 heteroatoms. The third-order valence-electron chi connectivity index (χ3n) is 2.87. The first-order valence-electron chi connectivity index (χ1n) is 6.71. The summed E-state index contributed by atoms with van der Waals surface area (Å²) in [5, 5.41) is 3.21. The van der Waals surface area contributed by atoms with Gasteiger partial charge in [0.25, 0.3) is 0 Å². The summed E-state index contributed by atoms with van der Waals surface area (Å²) in [6.45, 7) is 12.1. The van der Waals surface area contributed by atoms with E-state index < -0.39 is 5.60 Å². The molecule has 0 fully saturated rings. The van der Waals surface area contributed by atoms with Crippen LogP contribution in [0.4, 0.5) is 0 Å². The average molecular weight is 263 g/mol. The van der Waals surface area contributed by atoms with E-state index in [0.717, 1.165) is 0 Å². The Hall–Kier alpha value is -1.35. The molecule has 0 spiro atoms. The standard InChI is InChI=1S/C16H25NO2/c1-11-7-8-12(2)14(9-11)13(3)17-10-15(18)19-16(4,5)6/h7-9,13,17H,10H2,1-6H3. The summed E-state index contributed by atoms with van der Waals surface area (Å²) in [7, 11) is 0. The Morgan fingerprint density at radius 1 is 1.32 bits per heavy atom. The number of hydrogen-bond donors (Lipinski definition) is 1. The molecule has 0 radical (unpaired) electrons. The highest BCUT2D eigenvalue weighted by atomic mass is 16.6. The van der Waals surface area contributed by atoms with Gasteiger partial charge in [0, 0.05) is 6.04 Å². The SMILES string of the molecule is Cc1ccc(C)c(C(C)NCC(=O)OC(C)(C)C)c1. The second-order valence-electron chi connectivity index (χ2n) is 6.05. The molecule has 0 heterocycles. The summed E-state index contributed by atoms with van der Waals surface area (Å²) in [4.78, 5) is 11.7. The molecule has 19 heavy (non-hydrogen) atoms. The highest BCUT2D eigenvalue weighted by Crippen LogP contribution is 2.18. The van der Waals surface area contributed by atoms with Crippen molar-refractivity contribution in [2.75, 3.05) is 6.54 Å². The lowest BCUT2D eigenvalue weighted by Gasteiger charge is -2.21. The van der Waals surface area contributed by atoms with Gasteiger partial charge in [0.1, 0.15) is 5.60 Å². The van der Waals surface area contributed by atoms with Gasteiger partial charge in [-0.2, -0.15) is 0 Å². The summed E-state index contributed by atoms with van der Waals surface area (Å²) in [5.74, 6) is -0.218. The fourth-order valence-corrected chi connectivity index (χ4v) is 1.95. The predicted octanol–water partition coefficient (Wildman–Crippen LogP) is 3.30. The molecule has 0 aliphatic rings. The molecule has 1 aromatic rings. The lowest BCUT2D eigenvalue weighted by atomic mass is 10.00. The van der Waals surface area contributed by atoms with E-state index in [1.54, 1.807) is 0 Å². The van der Waals surface area contributed by atoms with Gasteiger partial charge >= 0.3 is 5.97 Å². The second-order valence-corrected chi connectivity index (χ2v) is 6.05. The minimum atomic E-state index is -0.429. The van der Waals surface area contributed by atoms with Crippen LogP contribution in [0.25, 0.3) is 0 Å². The normalized spacial score (nSPS) is 13.2. The number of nitrogens with one attached hydrogen (secondary N) is 1. The quantitative estimate of drug-likeness (QED) is 0.847. The highest BCUT2D eigenvalue weighted by Gasteiger charge is 2.17. The maximum atomic E-state index is 11.7.